The van der Waals surface area contributed by atoms with Crippen molar-refractivity contribution < 1.29 is 4.79 Å². The van der Waals surface area contributed by atoms with Crippen LogP contribution in [0.3, 0.4) is 0 Å². The van der Waals surface area contributed by atoms with Gasteiger partial charge in [0.05, 0.1) is 11.4 Å². The number of fused-ring (bicyclic) bond motifs is 1. The smallest absolute Gasteiger partial charge is 0.304 e. The first-order chi connectivity index (χ1) is 9.06. The molecule has 0 spiro atoms. The van der Waals surface area contributed by atoms with Crippen LogP contribution in [0.2, 0.25) is 10.0 Å². The second-order valence-electron chi connectivity index (χ2n) is 4.48. The summed E-state index contributed by atoms with van der Waals surface area (Å²) in [4.78, 5) is 15.1. The van der Waals surface area contributed by atoms with Crippen LogP contribution in [0.4, 0.5) is 4.79 Å². The van der Waals surface area contributed by atoms with Gasteiger partial charge in [-0.2, -0.15) is 4.99 Å². The number of allylic oxidation sites excluding steroid dienone is 3. The van der Waals surface area contributed by atoms with Gasteiger partial charge in [-0.05, 0) is 30.7 Å². The quantitative estimate of drug-likeness (QED) is 0.835. The second kappa shape index (κ2) is 4.51. The Labute approximate surface area is 120 Å². The maximum absolute atomic E-state index is 11.2. The molecule has 0 fully saturated rings. The number of urea groups is 1. The number of amides is 2. The molecule has 1 atom stereocenters. The number of carbonyl (C=O) groups excluding carboxylic acids is 1. The normalized spacial score (nSPS) is 20.8. The van der Waals surface area contributed by atoms with Gasteiger partial charge in [0.2, 0.25) is 0 Å². The van der Waals surface area contributed by atoms with Crippen molar-refractivity contribution in [1.29, 1.82) is 0 Å². The molecule has 96 valence electrons. The molecule has 1 aromatic carbocycles. The van der Waals surface area contributed by atoms with Gasteiger partial charge in [0.1, 0.15) is 0 Å². The molecule has 0 saturated carbocycles. The van der Waals surface area contributed by atoms with Crippen molar-refractivity contribution in [3.8, 4) is 0 Å². The number of hydrogen-bond donors (Lipinski definition) is 1. The molecule has 1 unspecified atom stereocenters. The van der Waals surface area contributed by atoms with Gasteiger partial charge in [-0.1, -0.05) is 35.3 Å². The molecule has 1 aliphatic carbocycles. The van der Waals surface area contributed by atoms with Crippen molar-refractivity contribution in [2.45, 2.75) is 12.8 Å². The molecular weight excluding hydrogens is 283 g/mol. The van der Waals surface area contributed by atoms with E-state index in [-0.39, 0.29) is 11.9 Å². The molecule has 19 heavy (non-hydrogen) atoms. The van der Waals surface area contributed by atoms with Crippen LogP contribution >= 0.6 is 23.2 Å². The van der Waals surface area contributed by atoms with Crippen LogP contribution in [-0.4, -0.2) is 11.7 Å². The van der Waals surface area contributed by atoms with Gasteiger partial charge >= 0.3 is 6.03 Å². The van der Waals surface area contributed by atoms with Gasteiger partial charge in [0.25, 0.3) is 0 Å². The average Bonchev–Trinajstić information content (AvgIpc) is 2.74. The topological polar surface area (TPSA) is 41.5 Å². The zero-order chi connectivity index (χ0) is 13.6. The molecule has 2 amide bonds. The van der Waals surface area contributed by atoms with Crippen molar-refractivity contribution in [3.05, 3.63) is 57.2 Å². The van der Waals surface area contributed by atoms with Crippen molar-refractivity contribution in [2.75, 3.05) is 0 Å². The number of nitrogens with zero attached hydrogens (tertiary/aromatic N) is 1. The van der Waals surface area contributed by atoms with E-state index in [1.165, 1.54) is 0 Å². The molecule has 2 aliphatic rings. The molecule has 3 rings (SSSR count). The Hall–Kier alpha value is -1.58. The van der Waals surface area contributed by atoms with Crippen molar-refractivity contribution in [3.63, 3.8) is 0 Å². The summed E-state index contributed by atoms with van der Waals surface area (Å²) >= 11 is 12.6. The summed E-state index contributed by atoms with van der Waals surface area (Å²) in [5.41, 5.74) is 3.20. The summed E-state index contributed by atoms with van der Waals surface area (Å²) in [5, 5.41) is 3.96. The number of aliphatic imine (C=N–C) groups is 1. The lowest BCUT2D eigenvalue weighted by atomic mass is 9.91. The molecule has 1 heterocycles. The van der Waals surface area contributed by atoms with Crippen molar-refractivity contribution in [2.24, 2.45) is 4.99 Å². The molecule has 5 heteroatoms. The largest absolute Gasteiger partial charge is 0.346 e. The molecule has 1 N–H and O–H groups in total. The van der Waals surface area contributed by atoms with Gasteiger partial charge in [0, 0.05) is 21.5 Å². The van der Waals surface area contributed by atoms with Gasteiger partial charge < -0.3 is 5.32 Å². The van der Waals surface area contributed by atoms with E-state index in [2.05, 4.69) is 10.3 Å². The maximum atomic E-state index is 11.2. The summed E-state index contributed by atoms with van der Waals surface area (Å²) in [7, 11) is 0. The standard InChI is InChI=1S/C14H10Cl2N2O/c1-7-2-4-9(15)12(13(7)16)8-3-5-10-11(6-8)18-14(19)17-10/h2-6,8H,1H3,(H,18,19). The lowest BCUT2D eigenvalue weighted by Crippen LogP contribution is -2.17. The van der Waals surface area contributed by atoms with E-state index in [4.69, 9.17) is 23.2 Å². The van der Waals surface area contributed by atoms with Crippen LogP contribution in [0.5, 0.6) is 0 Å². The molecule has 1 aliphatic heterocycles. The van der Waals surface area contributed by atoms with Gasteiger partial charge in [-0.15, -0.1) is 0 Å². The third kappa shape index (κ3) is 2.09. The Morgan fingerprint density at radius 2 is 2.11 bits per heavy atom. The first kappa shape index (κ1) is 12.5. The van der Waals surface area contributed by atoms with Crippen LogP contribution < -0.4 is 5.32 Å². The van der Waals surface area contributed by atoms with Gasteiger partial charge in [-0.25, -0.2) is 4.79 Å². The van der Waals surface area contributed by atoms with E-state index >= 15 is 0 Å². The number of carbonyl (C=O) groups is 1. The minimum absolute atomic E-state index is 0.0627. The van der Waals surface area contributed by atoms with E-state index in [0.717, 1.165) is 11.1 Å². The van der Waals surface area contributed by atoms with Crippen LogP contribution in [-0.2, 0) is 0 Å². The Kier molecular flexibility index (Phi) is 2.96. The highest BCUT2D eigenvalue weighted by atomic mass is 35.5. The fourth-order valence-corrected chi connectivity index (χ4v) is 2.85. The molecule has 0 aromatic heterocycles. The number of benzene rings is 1. The zero-order valence-electron chi connectivity index (χ0n) is 10.1. The van der Waals surface area contributed by atoms with Crippen LogP contribution in [0, 0.1) is 6.92 Å². The number of halogens is 2. The molecule has 0 radical (unpaired) electrons. The predicted octanol–water partition coefficient (Wildman–Crippen LogP) is 4.00. The number of hydrogen-bond acceptors (Lipinski definition) is 1. The Morgan fingerprint density at radius 3 is 2.89 bits per heavy atom. The zero-order valence-corrected chi connectivity index (χ0v) is 11.6. The van der Waals surface area contributed by atoms with Crippen LogP contribution in [0.25, 0.3) is 0 Å². The fraction of sp³-hybridized carbons (Fsp3) is 0.143. The Bertz CT molecular complexity index is 674. The summed E-state index contributed by atoms with van der Waals surface area (Å²) in [6, 6.07) is 3.38. The highest BCUT2D eigenvalue weighted by molar-refractivity contribution is 6.36. The number of nitrogens with one attached hydrogen (secondary N) is 1. The third-order valence-electron chi connectivity index (χ3n) is 3.20. The molecule has 0 saturated heterocycles. The van der Waals surface area contributed by atoms with E-state index in [1.54, 1.807) is 0 Å². The average molecular weight is 293 g/mol. The second-order valence-corrected chi connectivity index (χ2v) is 5.27. The van der Waals surface area contributed by atoms with E-state index in [9.17, 15) is 4.79 Å². The first-order valence-corrected chi connectivity index (χ1v) is 6.56. The lowest BCUT2D eigenvalue weighted by molar-refractivity contribution is 0.253. The van der Waals surface area contributed by atoms with E-state index in [0.29, 0.717) is 21.5 Å². The van der Waals surface area contributed by atoms with E-state index in [1.807, 2.05) is 37.3 Å². The maximum Gasteiger partial charge on any atom is 0.346 e. The van der Waals surface area contributed by atoms with Gasteiger partial charge in [-0.3, -0.25) is 0 Å². The minimum atomic E-state index is -0.340. The summed E-state index contributed by atoms with van der Waals surface area (Å²) in [5.74, 6) is -0.0627. The number of rotatable bonds is 1. The highest BCUT2D eigenvalue weighted by Crippen LogP contribution is 2.37. The molecular formula is C14H10Cl2N2O. The van der Waals surface area contributed by atoms with Crippen LogP contribution in [0.1, 0.15) is 17.0 Å². The fourth-order valence-electron chi connectivity index (χ4n) is 2.22. The van der Waals surface area contributed by atoms with Crippen LogP contribution in [0.15, 0.2) is 41.1 Å². The molecule has 3 nitrogen and oxygen atoms in total. The molecule has 1 aromatic rings. The highest BCUT2D eigenvalue weighted by Gasteiger charge is 2.24. The summed E-state index contributed by atoms with van der Waals surface area (Å²) < 4.78 is 0. The third-order valence-corrected chi connectivity index (χ3v) is 4.03. The van der Waals surface area contributed by atoms with E-state index < -0.39 is 0 Å². The monoisotopic (exact) mass is 292 g/mol. The SMILES string of the molecule is Cc1ccc(Cl)c(C2C=CC3=NC(=O)NC3=C2)c1Cl. The van der Waals surface area contributed by atoms with Crippen molar-refractivity contribution >= 4 is 34.9 Å². The lowest BCUT2D eigenvalue weighted by Gasteiger charge is -2.18. The minimum Gasteiger partial charge on any atom is -0.304 e. The molecule has 0 bridgehead atoms. The summed E-state index contributed by atoms with van der Waals surface area (Å²) in [6.07, 6.45) is 5.66. The predicted molar refractivity (Wildman–Crippen MR) is 77.1 cm³/mol. The van der Waals surface area contributed by atoms with Crippen molar-refractivity contribution in [1.82, 2.24) is 5.32 Å². The number of aryl methyl sites for hydroxylation is 1. The van der Waals surface area contributed by atoms with Gasteiger partial charge in [0.15, 0.2) is 0 Å². The summed E-state index contributed by atoms with van der Waals surface area (Å²) in [6.45, 7) is 1.94. The Balaban J connectivity index is 2.07. The first-order valence-electron chi connectivity index (χ1n) is 5.81. The Morgan fingerprint density at radius 1 is 1.32 bits per heavy atom.